The van der Waals surface area contributed by atoms with E-state index in [0.717, 1.165) is 36.8 Å². The van der Waals surface area contributed by atoms with Crippen molar-refractivity contribution in [3.05, 3.63) is 108 Å². The second-order valence-corrected chi connectivity index (χ2v) is 10.4. The maximum Gasteiger partial charge on any atom is 0.343 e. The molecule has 1 fully saturated rings. The van der Waals surface area contributed by atoms with Gasteiger partial charge in [-0.25, -0.2) is 9.59 Å². The summed E-state index contributed by atoms with van der Waals surface area (Å²) in [6.07, 6.45) is 3.43. The number of benzene rings is 4. The van der Waals surface area contributed by atoms with Crippen molar-refractivity contribution >= 4 is 11.9 Å². The quantitative estimate of drug-likeness (QED) is 0.0902. The Bertz CT molecular complexity index is 1470. The monoisotopic (exact) mass is 582 g/mol. The summed E-state index contributed by atoms with van der Waals surface area (Å²) in [5.74, 6) is 1.64. The van der Waals surface area contributed by atoms with Gasteiger partial charge >= 0.3 is 11.9 Å². The highest BCUT2D eigenvalue weighted by Gasteiger charge is 2.19. The Morgan fingerprint density at radius 3 is 1.53 bits per heavy atom. The molecule has 1 aliphatic rings. The molecule has 43 heavy (non-hydrogen) atoms. The van der Waals surface area contributed by atoms with E-state index in [-0.39, 0.29) is 12.9 Å². The van der Waals surface area contributed by atoms with Gasteiger partial charge in [-0.3, -0.25) is 0 Å². The fraction of sp³-hybridized carbons (Fsp3) is 0.257. The van der Waals surface area contributed by atoms with Gasteiger partial charge in [-0.2, -0.15) is 0 Å². The summed E-state index contributed by atoms with van der Waals surface area (Å²) in [4.78, 5) is 25.0. The van der Waals surface area contributed by atoms with Gasteiger partial charge in [0.2, 0.25) is 0 Å². The third kappa shape index (κ3) is 8.44. The molecule has 0 bridgehead atoms. The smallest absolute Gasteiger partial charge is 0.343 e. The van der Waals surface area contributed by atoms with Gasteiger partial charge in [0.15, 0.2) is 6.79 Å². The lowest BCUT2D eigenvalue weighted by Gasteiger charge is -2.24. The van der Waals surface area contributed by atoms with E-state index >= 15 is 0 Å². The Balaban J connectivity index is 1.07. The first-order valence-corrected chi connectivity index (χ1v) is 14.2. The molecular formula is C35H34O8. The molecule has 222 valence electrons. The molecule has 1 N–H and O–H groups in total. The largest absolute Gasteiger partial charge is 0.497 e. The molecule has 1 saturated carbocycles. The molecule has 0 heterocycles. The molecule has 0 aliphatic heterocycles. The molecule has 0 saturated heterocycles. The molecule has 0 aromatic heterocycles. The highest BCUT2D eigenvalue weighted by atomic mass is 16.7. The van der Waals surface area contributed by atoms with Crippen molar-refractivity contribution in [2.45, 2.75) is 31.8 Å². The van der Waals surface area contributed by atoms with Gasteiger partial charge in [0.05, 0.1) is 30.9 Å². The van der Waals surface area contributed by atoms with Crippen LogP contribution < -0.4 is 18.9 Å². The zero-order chi connectivity index (χ0) is 30.0. The number of methoxy groups -OCH3 is 1. The van der Waals surface area contributed by atoms with Crippen molar-refractivity contribution in [2.75, 3.05) is 20.5 Å². The van der Waals surface area contributed by atoms with Gasteiger partial charge in [0.25, 0.3) is 0 Å². The average Bonchev–Trinajstić information content (AvgIpc) is 3.05. The summed E-state index contributed by atoms with van der Waals surface area (Å²) in [6, 6.07) is 27.8. The van der Waals surface area contributed by atoms with E-state index in [9.17, 15) is 14.7 Å². The third-order valence-corrected chi connectivity index (χ3v) is 7.36. The van der Waals surface area contributed by atoms with Crippen LogP contribution in [0.2, 0.25) is 0 Å². The Morgan fingerprint density at radius 2 is 1.07 bits per heavy atom. The fourth-order valence-corrected chi connectivity index (χ4v) is 4.81. The lowest BCUT2D eigenvalue weighted by atomic mass is 9.88. The molecule has 4 aromatic rings. The summed E-state index contributed by atoms with van der Waals surface area (Å²) in [6.45, 7) is 0.745. The minimum absolute atomic E-state index is 0.132. The van der Waals surface area contributed by atoms with Crippen molar-refractivity contribution in [1.82, 2.24) is 0 Å². The van der Waals surface area contributed by atoms with Crippen LogP contribution >= 0.6 is 0 Å². The molecule has 1 aliphatic carbocycles. The Kier molecular flexibility index (Phi) is 10.0. The minimum Gasteiger partial charge on any atom is -0.497 e. The maximum atomic E-state index is 12.6. The zero-order valence-electron chi connectivity index (χ0n) is 23.9. The number of carbonyl (C=O) groups excluding carboxylic acids is 2. The minimum atomic E-state index is -0.474. The number of hydrogen-bond acceptors (Lipinski definition) is 8. The molecule has 4 aromatic carbocycles. The molecule has 8 nitrogen and oxygen atoms in total. The third-order valence-electron chi connectivity index (χ3n) is 7.36. The Morgan fingerprint density at radius 1 is 0.628 bits per heavy atom. The van der Waals surface area contributed by atoms with Gasteiger partial charge in [-0.15, -0.1) is 0 Å². The van der Waals surface area contributed by atoms with Crippen LogP contribution in [-0.2, 0) is 4.74 Å². The van der Waals surface area contributed by atoms with Crippen LogP contribution in [-0.4, -0.2) is 43.7 Å². The number of aliphatic hydroxyl groups is 1. The van der Waals surface area contributed by atoms with Gasteiger partial charge < -0.3 is 28.8 Å². The van der Waals surface area contributed by atoms with Crippen molar-refractivity contribution in [2.24, 2.45) is 5.92 Å². The second kappa shape index (κ2) is 14.5. The number of carbonyl (C=O) groups is 2. The van der Waals surface area contributed by atoms with Crippen molar-refractivity contribution in [3.8, 4) is 34.1 Å². The SMILES string of the molecule is COc1ccc(C(=O)Oc2ccc(-c3ccc(OC(=O)c4ccc(OCOCC5CCC(O)CC5)cc4)cc3)cc2)cc1. The van der Waals surface area contributed by atoms with Crippen LogP contribution in [0.1, 0.15) is 46.4 Å². The van der Waals surface area contributed by atoms with E-state index in [0.29, 0.717) is 46.6 Å². The van der Waals surface area contributed by atoms with Gasteiger partial charge in [-0.05, 0) is 116 Å². The van der Waals surface area contributed by atoms with E-state index < -0.39 is 11.9 Å². The first-order valence-electron chi connectivity index (χ1n) is 14.2. The maximum absolute atomic E-state index is 12.6. The van der Waals surface area contributed by atoms with Gasteiger partial charge in [0, 0.05) is 0 Å². The number of esters is 2. The van der Waals surface area contributed by atoms with Crippen LogP contribution in [0.4, 0.5) is 0 Å². The van der Waals surface area contributed by atoms with E-state index in [1.165, 1.54) is 0 Å². The van der Waals surface area contributed by atoms with Crippen molar-refractivity contribution < 1.29 is 38.4 Å². The standard InChI is InChI=1S/C35H34O8/c1-39-30-14-8-27(9-15-30)34(37)42-32-18-4-25(5-19-32)26-6-20-33(21-7-26)43-35(38)28-10-16-31(17-11-28)41-23-40-22-24-2-12-29(36)13-3-24/h4-11,14-21,24,29,36H,2-3,12-13,22-23H2,1H3. The molecule has 8 heteroatoms. The number of hydrogen-bond donors (Lipinski definition) is 1. The van der Waals surface area contributed by atoms with E-state index in [1.54, 1.807) is 79.9 Å². The topological polar surface area (TPSA) is 101 Å². The van der Waals surface area contributed by atoms with E-state index in [1.807, 2.05) is 24.3 Å². The Labute approximate surface area is 250 Å². The van der Waals surface area contributed by atoms with Crippen molar-refractivity contribution in [1.29, 1.82) is 0 Å². The first kappa shape index (κ1) is 29.8. The summed E-state index contributed by atoms with van der Waals surface area (Å²) >= 11 is 0. The highest BCUT2D eigenvalue weighted by Crippen LogP contribution is 2.27. The zero-order valence-corrected chi connectivity index (χ0v) is 23.9. The lowest BCUT2D eigenvalue weighted by molar-refractivity contribution is -0.0158. The second-order valence-electron chi connectivity index (χ2n) is 10.4. The number of rotatable bonds is 11. The van der Waals surface area contributed by atoms with Crippen molar-refractivity contribution in [3.63, 3.8) is 0 Å². The molecule has 5 rings (SSSR count). The summed E-state index contributed by atoms with van der Waals surface area (Å²) in [5, 5.41) is 9.60. The van der Waals surface area contributed by atoms with Crippen LogP contribution in [0.3, 0.4) is 0 Å². The van der Waals surface area contributed by atoms with Crippen LogP contribution in [0, 0.1) is 5.92 Å². The Hall–Kier alpha value is -4.66. The number of ether oxygens (including phenoxy) is 5. The molecule has 0 atom stereocenters. The normalized spacial score (nSPS) is 16.2. The van der Waals surface area contributed by atoms with Gasteiger partial charge in [0.1, 0.15) is 23.0 Å². The average molecular weight is 583 g/mol. The van der Waals surface area contributed by atoms with Crippen LogP contribution in [0.15, 0.2) is 97.1 Å². The molecule has 0 amide bonds. The predicted octanol–water partition coefficient (Wildman–Crippen LogP) is 6.70. The van der Waals surface area contributed by atoms with Crippen LogP contribution in [0.5, 0.6) is 23.0 Å². The van der Waals surface area contributed by atoms with E-state index in [2.05, 4.69) is 0 Å². The van der Waals surface area contributed by atoms with Crippen LogP contribution in [0.25, 0.3) is 11.1 Å². The predicted molar refractivity (Wildman–Crippen MR) is 161 cm³/mol. The summed E-state index contributed by atoms with van der Waals surface area (Å²) in [5.41, 5.74) is 2.66. The summed E-state index contributed by atoms with van der Waals surface area (Å²) in [7, 11) is 1.57. The molecule has 0 unspecified atom stereocenters. The molecule has 0 radical (unpaired) electrons. The van der Waals surface area contributed by atoms with E-state index in [4.69, 9.17) is 23.7 Å². The van der Waals surface area contributed by atoms with Gasteiger partial charge in [-0.1, -0.05) is 24.3 Å². The lowest BCUT2D eigenvalue weighted by Crippen LogP contribution is -2.22. The molecular weight excluding hydrogens is 548 g/mol. The molecule has 0 spiro atoms. The fourth-order valence-electron chi connectivity index (χ4n) is 4.81. The highest BCUT2D eigenvalue weighted by molar-refractivity contribution is 5.92. The summed E-state index contributed by atoms with van der Waals surface area (Å²) < 4.78 is 27.4. The number of aliphatic hydroxyl groups excluding tert-OH is 1. The first-order chi connectivity index (χ1) is 21.0.